The van der Waals surface area contributed by atoms with Gasteiger partial charge in [-0.2, -0.15) is 4.98 Å². The number of nitrogens with zero attached hydrogens (tertiary/aromatic N) is 4. The Kier molecular flexibility index (Phi) is 6.67. The lowest BCUT2D eigenvalue weighted by molar-refractivity contribution is -0.133. The summed E-state index contributed by atoms with van der Waals surface area (Å²) in [6.07, 6.45) is 3.17. The van der Waals surface area contributed by atoms with Gasteiger partial charge in [-0.1, -0.05) is 17.2 Å². The van der Waals surface area contributed by atoms with Crippen LogP contribution in [0.3, 0.4) is 0 Å². The van der Waals surface area contributed by atoms with Gasteiger partial charge in [-0.25, -0.2) is 0 Å². The van der Waals surface area contributed by atoms with Crippen LogP contribution < -0.4 is 5.32 Å². The molecule has 0 aromatic carbocycles. The van der Waals surface area contributed by atoms with Crippen LogP contribution in [0.15, 0.2) is 15.1 Å². The van der Waals surface area contributed by atoms with Crippen molar-refractivity contribution in [3.8, 4) is 0 Å². The van der Waals surface area contributed by atoms with Gasteiger partial charge in [-0.3, -0.25) is 9.59 Å². The van der Waals surface area contributed by atoms with Gasteiger partial charge in [0.25, 0.3) is 0 Å². The average Bonchev–Trinajstić information content (AvgIpc) is 3.16. The van der Waals surface area contributed by atoms with E-state index in [1.54, 1.807) is 20.0 Å². The first-order valence-corrected chi connectivity index (χ1v) is 8.26. The molecular formula is C16H23N5O4. The average molecular weight is 349 g/mol. The zero-order chi connectivity index (χ0) is 18.2. The minimum Gasteiger partial charge on any atom is -0.360 e. The Morgan fingerprint density at radius 1 is 1.24 bits per heavy atom. The highest BCUT2D eigenvalue weighted by atomic mass is 16.5. The number of hydrogen-bond acceptors (Lipinski definition) is 7. The number of nitrogens with one attached hydrogen (secondary N) is 1. The van der Waals surface area contributed by atoms with E-state index in [9.17, 15) is 9.59 Å². The number of amides is 2. The van der Waals surface area contributed by atoms with Gasteiger partial charge in [-0.05, 0) is 19.8 Å². The van der Waals surface area contributed by atoms with Crippen LogP contribution in [-0.2, 0) is 22.4 Å². The van der Waals surface area contributed by atoms with E-state index in [2.05, 4.69) is 20.6 Å². The maximum absolute atomic E-state index is 12.1. The fourth-order valence-electron chi connectivity index (χ4n) is 2.21. The van der Waals surface area contributed by atoms with E-state index in [0.717, 1.165) is 12.8 Å². The van der Waals surface area contributed by atoms with Crippen molar-refractivity contribution in [2.75, 3.05) is 18.9 Å². The molecule has 2 rings (SSSR count). The molecule has 0 aliphatic heterocycles. The molecule has 0 aliphatic carbocycles. The summed E-state index contributed by atoms with van der Waals surface area (Å²) < 4.78 is 9.99. The molecule has 0 atom stereocenters. The van der Waals surface area contributed by atoms with Gasteiger partial charge in [0, 0.05) is 32.4 Å². The second-order valence-electron chi connectivity index (χ2n) is 5.83. The SMILES string of the molecule is CCCc1noc(CCCC(=O)N(C)CC(=O)Nc2cc(C)on2)n1. The number of anilines is 1. The Morgan fingerprint density at radius 2 is 2.04 bits per heavy atom. The minimum absolute atomic E-state index is 0.0497. The molecular weight excluding hydrogens is 326 g/mol. The van der Waals surface area contributed by atoms with Crippen molar-refractivity contribution in [3.63, 3.8) is 0 Å². The number of aryl methyl sites for hydroxylation is 3. The molecule has 0 saturated heterocycles. The number of aromatic nitrogens is 3. The lowest BCUT2D eigenvalue weighted by Crippen LogP contribution is -2.34. The molecule has 0 radical (unpaired) electrons. The summed E-state index contributed by atoms with van der Waals surface area (Å²) in [6.45, 7) is 3.73. The van der Waals surface area contributed by atoms with Gasteiger partial charge in [-0.15, -0.1) is 0 Å². The van der Waals surface area contributed by atoms with Gasteiger partial charge >= 0.3 is 0 Å². The monoisotopic (exact) mass is 349 g/mol. The number of rotatable bonds is 9. The van der Waals surface area contributed by atoms with E-state index in [4.69, 9.17) is 9.05 Å². The maximum atomic E-state index is 12.1. The summed E-state index contributed by atoms with van der Waals surface area (Å²) in [7, 11) is 1.59. The molecule has 2 aromatic heterocycles. The van der Waals surface area contributed by atoms with Crippen LogP contribution in [-0.4, -0.2) is 45.6 Å². The first-order valence-electron chi connectivity index (χ1n) is 8.26. The van der Waals surface area contributed by atoms with E-state index >= 15 is 0 Å². The van der Waals surface area contributed by atoms with Gasteiger partial charge in [0.15, 0.2) is 11.6 Å². The zero-order valence-corrected chi connectivity index (χ0v) is 14.7. The predicted molar refractivity (Wildman–Crippen MR) is 88.7 cm³/mol. The van der Waals surface area contributed by atoms with E-state index in [1.165, 1.54) is 4.90 Å². The van der Waals surface area contributed by atoms with Crippen LogP contribution in [0.4, 0.5) is 5.82 Å². The molecule has 2 heterocycles. The first-order chi connectivity index (χ1) is 12.0. The Balaban J connectivity index is 1.69. The highest BCUT2D eigenvalue weighted by molar-refractivity contribution is 5.93. The van der Waals surface area contributed by atoms with Crippen molar-refractivity contribution < 1.29 is 18.6 Å². The molecule has 0 spiro atoms. The van der Waals surface area contributed by atoms with Gasteiger partial charge in [0.05, 0.1) is 6.54 Å². The van der Waals surface area contributed by atoms with E-state index < -0.39 is 0 Å². The fourth-order valence-corrected chi connectivity index (χ4v) is 2.21. The smallest absolute Gasteiger partial charge is 0.245 e. The third kappa shape index (κ3) is 6.02. The first kappa shape index (κ1) is 18.6. The molecule has 1 N–H and O–H groups in total. The molecule has 9 heteroatoms. The van der Waals surface area contributed by atoms with Crippen molar-refractivity contribution in [3.05, 3.63) is 23.5 Å². The maximum Gasteiger partial charge on any atom is 0.245 e. The van der Waals surface area contributed by atoms with Crippen LogP contribution in [0, 0.1) is 6.92 Å². The summed E-state index contributed by atoms with van der Waals surface area (Å²) in [4.78, 5) is 29.6. The van der Waals surface area contributed by atoms with Crippen molar-refractivity contribution >= 4 is 17.6 Å². The predicted octanol–water partition coefficient (Wildman–Crippen LogP) is 1.74. The largest absolute Gasteiger partial charge is 0.360 e. The van der Waals surface area contributed by atoms with E-state index in [0.29, 0.717) is 42.6 Å². The number of likely N-dealkylation sites (N-methyl/N-ethyl adjacent to an activating group) is 1. The van der Waals surface area contributed by atoms with Crippen molar-refractivity contribution in [1.29, 1.82) is 0 Å². The standard InChI is InChI=1S/C16H23N5O4/c1-4-6-12-18-15(25-19-12)7-5-8-16(23)21(3)10-14(22)17-13-9-11(2)24-20-13/h9H,4-8,10H2,1-3H3,(H,17,20,22). The molecule has 9 nitrogen and oxygen atoms in total. The molecule has 2 amide bonds. The Morgan fingerprint density at radius 3 is 2.72 bits per heavy atom. The third-order valence-corrected chi connectivity index (χ3v) is 3.47. The molecule has 136 valence electrons. The van der Waals surface area contributed by atoms with Gasteiger partial charge < -0.3 is 19.3 Å². The van der Waals surface area contributed by atoms with Crippen LogP contribution in [0.1, 0.15) is 43.7 Å². The summed E-state index contributed by atoms with van der Waals surface area (Å²) in [5.74, 6) is 1.72. The zero-order valence-electron chi connectivity index (χ0n) is 14.7. The van der Waals surface area contributed by atoms with Crippen LogP contribution in [0.5, 0.6) is 0 Å². The van der Waals surface area contributed by atoms with Crippen molar-refractivity contribution in [1.82, 2.24) is 20.2 Å². The minimum atomic E-state index is -0.328. The highest BCUT2D eigenvalue weighted by Gasteiger charge is 2.15. The van der Waals surface area contributed by atoms with Crippen molar-refractivity contribution in [2.24, 2.45) is 0 Å². The quantitative estimate of drug-likeness (QED) is 0.733. The van der Waals surface area contributed by atoms with Crippen LogP contribution >= 0.6 is 0 Å². The van der Waals surface area contributed by atoms with E-state index in [-0.39, 0.29) is 18.4 Å². The van der Waals surface area contributed by atoms with Gasteiger partial charge in [0.1, 0.15) is 5.76 Å². The second-order valence-corrected chi connectivity index (χ2v) is 5.83. The Bertz CT molecular complexity index is 709. The molecule has 25 heavy (non-hydrogen) atoms. The summed E-state index contributed by atoms with van der Waals surface area (Å²) >= 11 is 0. The fraction of sp³-hybridized carbons (Fsp3) is 0.562. The number of carbonyl (C=O) groups excluding carboxylic acids is 2. The Labute approximate surface area is 145 Å². The van der Waals surface area contributed by atoms with Crippen LogP contribution in [0.25, 0.3) is 0 Å². The molecule has 0 fully saturated rings. The lowest BCUT2D eigenvalue weighted by atomic mass is 10.2. The Hall–Kier alpha value is -2.71. The lowest BCUT2D eigenvalue weighted by Gasteiger charge is -2.15. The highest BCUT2D eigenvalue weighted by Crippen LogP contribution is 2.08. The van der Waals surface area contributed by atoms with E-state index in [1.807, 2.05) is 6.92 Å². The summed E-state index contributed by atoms with van der Waals surface area (Å²) in [5, 5.41) is 10.1. The summed E-state index contributed by atoms with van der Waals surface area (Å²) in [6, 6.07) is 1.61. The summed E-state index contributed by atoms with van der Waals surface area (Å²) in [5.41, 5.74) is 0. The number of carbonyl (C=O) groups is 2. The second kappa shape index (κ2) is 8.95. The number of hydrogen-bond donors (Lipinski definition) is 1. The van der Waals surface area contributed by atoms with Crippen molar-refractivity contribution in [2.45, 2.75) is 46.0 Å². The topological polar surface area (TPSA) is 114 Å². The normalized spacial score (nSPS) is 10.7. The molecule has 2 aromatic rings. The molecule has 0 unspecified atom stereocenters. The molecule has 0 saturated carbocycles. The molecule has 0 bridgehead atoms. The van der Waals surface area contributed by atoms with Crippen LogP contribution in [0.2, 0.25) is 0 Å². The third-order valence-electron chi connectivity index (χ3n) is 3.47. The molecule has 0 aliphatic rings. The van der Waals surface area contributed by atoms with Gasteiger partial charge in [0.2, 0.25) is 17.7 Å².